The van der Waals surface area contributed by atoms with E-state index in [4.69, 9.17) is 0 Å². The lowest BCUT2D eigenvalue weighted by atomic mass is 9.84. The minimum Gasteiger partial charge on any atom is -0.250 e. The number of unbranched alkanes of at least 4 members (excludes halogenated alkanes) is 5. The molecule has 0 aliphatic carbocycles. The van der Waals surface area contributed by atoms with Gasteiger partial charge >= 0.3 is 0 Å². The van der Waals surface area contributed by atoms with Crippen LogP contribution in [0.1, 0.15) is 69.0 Å². The van der Waals surface area contributed by atoms with Crippen molar-refractivity contribution in [1.82, 2.24) is 4.98 Å². The van der Waals surface area contributed by atoms with Crippen LogP contribution in [0.5, 0.6) is 0 Å². The SMILES string of the molecule is CCCCCCCCC(C(Cc1ccccc1)Cc1ccccc1)[n+]1cc[nH]c1. The van der Waals surface area contributed by atoms with Crippen molar-refractivity contribution < 1.29 is 4.57 Å². The van der Waals surface area contributed by atoms with E-state index in [1.807, 2.05) is 0 Å². The fourth-order valence-electron chi connectivity index (χ4n) is 4.45. The molecule has 0 spiro atoms. The van der Waals surface area contributed by atoms with Gasteiger partial charge < -0.3 is 0 Å². The summed E-state index contributed by atoms with van der Waals surface area (Å²) in [5.41, 5.74) is 2.88. The Bertz CT molecular complexity index is 723. The Kier molecular flexibility index (Phi) is 9.03. The molecule has 1 heterocycles. The van der Waals surface area contributed by atoms with Gasteiger partial charge in [0.1, 0.15) is 18.4 Å². The quantitative estimate of drug-likeness (QED) is 0.248. The molecule has 29 heavy (non-hydrogen) atoms. The summed E-state index contributed by atoms with van der Waals surface area (Å²) in [6, 6.07) is 22.5. The second kappa shape index (κ2) is 12.3. The molecule has 2 aromatic carbocycles. The fraction of sp³-hybridized carbons (Fsp3) is 0.444. The molecule has 0 bridgehead atoms. The van der Waals surface area contributed by atoms with Crippen molar-refractivity contribution in [3.05, 3.63) is 90.5 Å². The van der Waals surface area contributed by atoms with Crippen molar-refractivity contribution in [2.45, 2.75) is 70.8 Å². The molecule has 0 saturated carbocycles. The number of aromatic amines is 1. The normalized spacial score (nSPS) is 12.3. The number of nitrogens with one attached hydrogen (secondary N) is 1. The zero-order valence-electron chi connectivity index (χ0n) is 18.0. The highest BCUT2D eigenvalue weighted by atomic mass is 15.1. The van der Waals surface area contributed by atoms with E-state index in [2.05, 4.69) is 95.9 Å². The Hall–Kier alpha value is -2.35. The van der Waals surface area contributed by atoms with Crippen LogP contribution < -0.4 is 4.57 Å². The molecule has 1 N–H and O–H groups in total. The van der Waals surface area contributed by atoms with Crippen LogP contribution in [0.4, 0.5) is 0 Å². The number of imidazole rings is 1. The molecular formula is C27H37N2+. The Morgan fingerprint density at radius 1 is 0.759 bits per heavy atom. The van der Waals surface area contributed by atoms with Gasteiger partial charge in [0.25, 0.3) is 0 Å². The highest BCUT2D eigenvalue weighted by molar-refractivity contribution is 5.18. The molecule has 3 aromatic rings. The Morgan fingerprint density at radius 3 is 1.90 bits per heavy atom. The molecule has 0 amide bonds. The van der Waals surface area contributed by atoms with Crippen LogP contribution >= 0.6 is 0 Å². The molecule has 2 heteroatoms. The van der Waals surface area contributed by atoms with Gasteiger partial charge in [0.05, 0.1) is 0 Å². The smallest absolute Gasteiger partial charge is 0.241 e. The van der Waals surface area contributed by atoms with Gasteiger partial charge in [-0.25, -0.2) is 4.57 Å². The summed E-state index contributed by atoms with van der Waals surface area (Å²) in [5.74, 6) is 0.580. The first-order valence-electron chi connectivity index (χ1n) is 11.5. The third kappa shape index (κ3) is 7.20. The number of aromatic nitrogens is 2. The first-order chi connectivity index (χ1) is 14.4. The summed E-state index contributed by atoms with van der Waals surface area (Å²) in [7, 11) is 0. The fourth-order valence-corrected chi connectivity index (χ4v) is 4.45. The molecule has 0 aliphatic rings. The zero-order chi connectivity index (χ0) is 20.2. The third-order valence-electron chi connectivity index (χ3n) is 6.03. The predicted molar refractivity (Wildman–Crippen MR) is 122 cm³/mol. The molecule has 0 fully saturated rings. The maximum absolute atomic E-state index is 3.27. The van der Waals surface area contributed by atoms with E-state index in [-0.39, 0.29) is 0 Å². The van der Waals surface area contributed by atoms with Crippen LogP contribution in [0.3, 0.4) is 0 Å². The Labute approximate surface area is 177 Å². The van der Waals surface area contributed by atoms with E-state index in [9.17, 15) is 0 Å². The van der Waals surface area contributed by atoms with Crippen LogP contribution in [0.25, 0.3) is 0 Å². The largest absolute Gasteiger partial charge is 0.250 e. The van der Waals surface area contributed by atoms with E-state index in [0.29, 0.717) is 12.0 Å². The topological polar surface area (TPSA) is 19.7 Å². The van der Waals surface area contributed by atoms with Gasteiger partial charge in [0, 0.05) is 5.92 Å². The maximum atomic E-state index is 3.27. The number of benzene rings is 2. The first kappa shape index (κ1) is 21.4. The predicted octanol–water partition coefficient (Wildman–Crippen LogP) is 6.70. The number of hydrogen-bond acceptors (Lipinski definition) is 0. The molecule has 2 nitrogen and oxygen atoms in total. The summed E-state index contributed by atoms with van der Waals surface area (Å²) in [5, 5.41) is 0. The van der Waals surface area contributed by atoms with Crippen molar-refractivity contribution >= 4 is 0 Å². The van der Waals surface area contributed by atoms with Crippen molar-refractivity contribution in [2.75, 3.05) is 0 Å². The molecule has 0 saturated heterocycles. The number of nitrogens with zero attached hydrogens (tertiary/aromatic N) is 1. The highest BCUT2D eigenvalue weighted by Gasteiger charge is 2.27. The van der Waals surface area contributed by atoms with E-state index in [1.54, 1.807) is 0 Å². The van der Waals surface area contributed by atoms with E-state index >= 15 is 0 Å². The molecule has 1 atom stereocenters. The van der Waals surface area contributed by atoms with Crippen LogP contribution in [-0.4, -0.2) is 4.98 Å². The monoisotopic (exact) mass is 389 g/mol. The Balaban J connectivity index is 1.73. The molecule has 154 valence electrons. The molecule has 0 aliphatic heterocycles. The van der Waals surface area contributed by atoms with Gasteiger partial charge in [-0.3, -0.25) is 4.98 Å². The summed E-state index contributed by atoms with van der Waals surface area (Å²) in [6.07, 6.45) is 18.0. The van der Waals surface area contributed by atoms with E-state index in [1.165, 1.54) is 56.1 Å². The first-order valence-corrected chi connectivity index (χ1v) is 11.5. The Morgan fingerprint density at radius 2 is 1.34 bits per heavy atom. The van der Waals surface area contributed by atoms with Gasteiger partial charge in [-0.2, -0.15) is 0 Å². The van der Waals surface area contributed by atoms with Crippen LogP contribution in [0.2, 0.25) is 0 Å². The lowest BCUT2D eigenvalue weighted by Gasteiger charge is -2.25. The second-order valence-electron chi connectivity index (χ2n) is 8.32. The van der Waals surface area contributed by atoms with Gasteiger partial charge in [-0.1, -0.05) is 99.7 Å². The highest BCUT2D eigenvalue weighted by Crippen LogP contribution is 2.27. The molecule has 1 unspecified atom stereocenters. The second-order valence-corrected chi connectivity index (χ2v) is 8.32. The lowest BCUT2D eigenvalue weighted by molar-refractivity contribution is -0.729. The summed E-state index contributed by atoms with van der Waals surface area (Å²) in [6.45, 7) is 2.29. The number of hydrogen-bond donors (Lipinski definition) is 1. The summed E-state index contributed by atoms with van der Waals surface area (Å²) in [4.78, 5) is 3.27. The van der Waals surface area contributed by atoms with Crippen molar-refractivity contribution in [1.29, 1.82) is 0 Å². The van der Waals surface area contributed by atoms with Crippen molar-refractivity contribution in [2.24, 2.45) is 5.92 Å². The average Bonchev–Trinajstić information content (AvgIpc) is 3.29. The molecule has 0 radical (unpaired) electrons. The van der Waals surface area contributed by atoms with Gasteiger partial charge in [0.15, 0.2) is 0 Å². The molecular weight excluding hydrogens is 352 g/mol. The van der Waals surface area contributed by atoms with Gasteiger partial charge in [-0.15, -0.1) is 0 Å². The average molecular weight is 390 g/mol. The van der Waals surface area contributed by atoms with Crippen LogP contribution in [0, 0.1) is 5.92 Å². The van der Waals surface area contributed by atoms with Gasteiger partial charge in [-0.05, 0) is 36.8 Å². The van der Waals surface area contributed by atoms with Gasteiger partial charge in [0.2, 0.25) is 6.33 Å². The van der Waals surface area contributed by atoms with Crippen molar-refractivity contribution in [3.8, 4) is 0 Å². The minimum atomic E-state index is 0.521. The summed E-state index contributed by atoms with van der Waals surface area (Å²) < 4.78 is 2.42. The number of H-pyrrole nitrogens is 1. The molecule has 3 rings (SSSR count). The minimum absolute atomic E-state index is 0.521. The maximum Gasteiger partial charge on any atom is 0.241 e. The third-order valence-corrected chi connectivity index (χ3v) is 6.03. The van der Waals surface area contributed by atoms with E-state index < -0.39 is 0 Å². The zero-order valence-corrected chi connectivity index (χ0v) is 18.0. The van der Waals surface area contributed by atoms with E-state index in [0.717, 1.165) is 12.8 Å². The summed E-state index contributed by atoms with van der Waals surface area (Å²) >= 11 is 0. The lowest BCUT2D eigenvalue weighted by Crippen LogP contribution is -2.43. The standard InChI is InChI=1S/C27H36N2/c1-2-3-4-5-6-13-18-27(29-20-19-28-23-29)26(21-24-14-9-7-10-15-24)22-25-16-11-8-12-17-25/h7-12,14-17,19-20,23,26-27H,2-6,13,18,21-22H2,1H3/p+1. The van der Waals surface area contributed by atoms with Crippen LogP contribution in [-0.2, 0) is 12.8 Å². The van der Waals surface area contributed by atoms with Crippen LogP contribution in [0.15, 0.2) is 79.4 Å². The molecule has 1 aromatic heterocycles. The number of rotatable bonds is 13. The van der Waals surface area contributed by atoms with Crippen molar-refractivity contribution in [3.63, 3.8) is 0 Å².